The molecule has 4 rings (SSSR count). The molecule has 0 saturated carbocycles. The van der Waals surface area contributed by atoms with Crippen LogP contribution in [0.3, 0.4) is 0 Å². The van der Waals surface area contributed by atoms with Crippen molar-refractivity contribution in [1.29, 1.82) is 0 Å². The molecule has 6 nitrogen and oxygen atoms in total. The Bertz CT molecular complexity index is 754. The highest BCUT2D eigenvalue weighted by atomic mass is 16.6. The molecule has 124 valence electrons. The van der Waals surface area contributed by atoms with Crippen LogP contribution in [0.4, 0.5) is 4.79 Å². The molecule has 3 heterocycles. The first-order valence-electron chi connectivity index (χ1n) is 8.05. The minimum absolute atomic E-state index is 0.0389. The van der Waals surface area contributed by atoms with Crippen molar-refractivity contribution in [2.45, 2.75) is 18.4 Å². The minimum atomic E-state index is -0.570. The number of rotatable bonds is 2. The summed E-state index contributed by atoms with van der Waals surface area (Å²) in [4.78, 5) is 25.9. The third-order valence-electron chi connectivity index (χ3n) is 4.63. The molecule has 1 spiro atoms. The summed E-state index contributed by atoms with van der Waals surface area (Å²) in [6, 6.07) is 11.1. The molecule has 2 aliphatic rings. The van der Waals surface area contributed by atoms with Crippen molar-refractivity contribution in [2.75, 3.05) is 19.6 Å². The van der Waals surface area contributed by atoms with E-state index in [-0.39, 0.29) is 5.91 Å². The van der Waals surface area contributed by atoms with E-state index in [2.05, 4.69) is 5.32 Å². The fourth-order valence-corrected chi connectivity index (χ4v) is 3.40. The number of alkyl carbamates (subject to hydrolysis) is 1. The van der Waals surface area contributed by atoms with Crippen molar-refractivity contribution in [1.82, 2.24) is 10.2 Å². The predicted molar refractivity (Wildman–Crippen MR) is 86.5 cm³/mol. The molecule has 2 fully saturated rings. The number of benzene rings is 1. The molecule has 2 aromatic rings. The summed E-state index contributed by atoms with van der Waals surface area (Å²) in [5.41, 5.74) is 0.985. The number of likely N-dealkylation sites (tertiary alicyclic amines) is 1. The number of furan rings is 1. The second-order valence-electron chi connectivity index (χ2n) is 6.31. The van der Waals surface area contributed by atoms with Crippen molar-refractivity contribution in [3.63, 3.8) is 0 Å². The Labute approximate surface area is 139 Å². The van der Waals surface area contributed by atoms with E-state index >= 15 is 0 Å². The fourth-order valence-electron chi connectivity index (χ4n) is 3.40. The molecule has 1 atom stereocenters. The molecule has 0 aliphatic carbocycles. The molecular weight excluding hydrogens is 308 g/mol. The lowest BCUT2D eigenvalue weighted by molar-refractivity contribution is -0.00503. The first kappa shape index (κ1) is 14.8. The van der Waals surface area contributed by atoms with Crippen molar-refractivity contribution in [3.8, 4) is 11.3 Å². The van der Waals surface area contributed by atoms with Crippen molar-refractivity contribution in [3.05, 3.63) is 48.2 Å². The smallest absolute Gasteiger partial charge is 0.407 e. The van der Waals surface area contributed by atoms with Gasteiger partial charge in [0.15, 0.2) is 0 Å². The molecule has 1 aromatic heterocycles. The van der Waals surface area contributed by atoms with Crippen LogP contribution in [0.2, 0.25) is 0 Å². The maximum atomic E-state index is 12.8. The van der Waals surface area contributed by atoms with Gasteiger partial charge in [0.05, 0.1) is 19.4 Å². The molecule has 2 saturated heterocycles. The number of hydrogen-bond donors (Lipinski definition) is 1. The zero-order chi connectivity index (χ0) is 16.6. The van der Waals surface area contributed by atoms with Gasteiger partial charge in [0.25, 0.3) is 5.91 Å². The highest BCUT2D eigenvalue weighted by Gasteiger charge is 2.44. The Morgan fingerprint density at radius 2 is 2.04 bits per heavy atom. The van der Waals surface area contributed by atoms with Gasteiger partial charge >= 0.3 is 6.09 Å². The van der Waals surface area contributed by atoms with Crippen molar-refractivity contribution in [2.24, 2.45) is 0 Å². The van der Waals surface area contributed by atoms with E-state index in [1.165, 1.54) is 0 Å². The van der Waals surface area contributed by atoms with Gasteiger partial charge < -0.3 is 19.4 Å². The molecular formula is C18H18N2O4. The van der Waals surface area contributed by atoms with Crippen molar-refractivity contribution < 1.29 is 18.7 Å². The SMILES string of the molecule is O=C1NC[C@]2(CCCN(C(=O)c3ccc(-c4ccco4)cc3)C2)O1. The van der Waals surface area contributed by atoms with Crippen LogP contribution in [0.1, 0.15) is 23.2 Å². The van der Waals surface area contributed by atoms with Crippen LogP contribution in [-0.4, -0.2) is 42.1 Å². The summed E-state index contributed by atoms with van der Waals surface area (Å²) in [6.45, 7) is 1.58. The van der Waals surface area contributed by atoms with Crippen LogP contribution in [0.15, 0.2) is 47.1 Å². The van der Waals surface area contributed by atoms with Crippen LogP contribution in [0.25, 0.3) is 11.3 Å². The summed E-state index contributed by atoms with van der Waals surface area (Å²) in [5, 5.41) is 2.69. The van der Waals surface area contributed by atoms with E-state index in [0.29, 0.717) is 25.2 Å². The Morgan fingerprint density at radius 1 is 1.21 bits per heavy atom. The number of hydrogen-bond acceptors (Lipinski definition) is 4. The lowest BCUT2D eigenvalue weighted by Gasteiger charge is -2.38. The normalized spacial score (nSPS) is 23.2. The highest BCUT2D eigenvalue weighted by Crippen LogP contribution is 2.29. The van der Waals surface area contributed by atoms with E-state index in [4.69, 9.17) is 9.15 Å². The zero-order valence-electron chi connectivity index (χ0n) is 13.2. The van der Waals surface area contributed by atoms with Gasteiger partial charge in [-0.05, 0) is 37.1 Å². The largest absolute Gasteiger partial charge is 0.464 e. The molecule has 2 amide bonds. The molecule has 0 radical (unpaired) electrons. The van der Waals surface area contributed by atoms with Gasteiger partial charge in [-0.25, -0.2) is 4.79 Å². The van der Waals surface area contributed by atoms with Crippen molar-refractivity contribution >= 4 is 12.0 Å². The first-order valence-corrected chi connectivity index (χ1v) is 8.05. The van der Waals surface area contributed by atoms with Gasteiger partial charge in [0.2, 0.25) is 0 Å². The summed E-state index contributed by atoms with van der Waals surface area (Å²) in [5.74, 6) is 0.734. The van der Waals surface area contributed by atoms with Gasteiger partial charge in [0.1, 0.15) is 11.4 Å². The molecule has 6 heteroatoms. The Balaban J connectivity index is 1.50. The summed E-state index contributed by atoms with van der Waals surface area (Å²) < 4.78 is 10.8. The average molecular weight is 326 g/mol. The molecule has 24 heavy (non-hydrogen) atoms. The van der Waals surface area contributed by atoms with E-state index in [9.17, 15) is 9.59 Å². The minimum Gasteiger partial charge on any atom is -0.464 e. The fraction of sp³-hybridized carbons (Fsp3) is 0.333. The number of ether oxygens (including phenoxy) is 1. The second-order valence-corrected chi connectivity index (χ2v) is 6.31. The summed E-state index contributed by atoms with van der Waals surface area (Å²) in [7, 11) is 0. The molecule has 1 N–H and O–H groups in total. The van der Waals surface area contributed by atoms with E-state index < -0.39 is 11.7 Å². The molecule has 0 unspecified atom stereocenters. The monoisotopic (exact) mass is 326 g/mol. The quantitative estimate of drug-likeness (QED) is 0.921. The third kappa shape index (κ3) is 2.64. The molecule has 0 bridgehead atoms. The maximum absolute atomic E-state index is 12.8. The number of piperidine rings is 1. The van der Waals surface area contributed by atoms with Crippen LogP contribution >= 0.6 is 0 Å². The number of nitrogens with one attached hydrogen (secondary N) is 1. The maximum Gasteiger partial charge on any atom is 0.407 e. The first-order chi connectivity index (χ1) is 11.7. The second kappa shape index (κ2) is 5.70. The molecule has 2 aliphatic heterocycles. The summed E-state index contributed by atoms with van der Waals surface area (Å²) >= 11 is 0. The van der Waals surface area contributed by atoms with E-state index in [1.54, 1.807) is 23.3 Å². The number of nitrogens with zero attached hydrogens (tertiary/aromatic N) is 1. The Hall–Kier alpha value is -2.76. The zero-order valence-corrected chi connectivity index (χ0v) is 13.2. The van der Waals surface area contributed by atoms with Crippen LogP contribution in [0.5, 0.6) is 0 Å². The van der Waals surface area contributed by atoms with Gasteiger partial charge in [-0.3, -0.25) is 4.79 Å². The Kier molecular flexibility index (Phi) is 3.52. The molecule has 1 aromatic carbocycles. The number of amides is 2. The number of carbonyl (C=O) groups excluding carboxylic acids is 2. The van der Waals surface area contributed by atoms with Gasteiger partial charge in [-0.1, -0.05) is 12.1 Å². The average Bonchev–Trinajstić information content (AvgIpc) is 3.25. The highest BCUT2D eigenvalue weighted by molar-refractivity contribution is 5.94. The van der Waals surface area contributed by atoms with Gasteiger partial charge in [-0.2, -0.15) is 0 Å². The number of carbonyl (C=O) groups is 2. The van der Waals surface area contributed by atoms with Gasteiger partial charge in [-0.15, -0.1) is 0 Å². The van der Waals surface area contributed by atoms with Crippen LogP contribution in [-0.2, 0) is 4.74 Å². The standard InChI is InChI=1S/C18H18N2O4/c21-16(14-6-4-13(5-7-14)15-3-1-10-23-15)20-9-2-8-18(12-20)11-19-17(22)24-18/h1,3-7,10H,2,8-9,11-12H2,(H,19,22)/t18-/m0/s1. The predicted octanol–water partition coefficient (Wildman–Crippen LogP) is 2.66. The topological polar surface area (TPSA) is 71.8 Å². The van der Waals surface area contributed by atoms with E-state index in [0.717, 1.165) is 24.2 Å². The van der Waals surface area contributed by atoms with Crippen LogP contribution in [0, 0.1) is 0 Å². The van der Waals surface area contributed by atoms with Crippen LogP contribution < -0.4 is 5.32 Å². The lowest BCUT2D eigenvalue weighted by atomic mass is 9.92. The summed E-state index contributed by atoms with van der Waals surface area (Å²) in [6.07, 6.45) is 2.84. The Morgan fingerprint density at radius 3 is 2.71 bits per heavy atom. The lowest BCUT2D eigenvalue weighted by Crippen LogP contribution is -2.52. The third-order valence-corrected chi connectivity index (χ3v) is 4.63. The van der Waals surface area contributed by atoms with E-state index in [1.807, 2.05) is 24.3 Å². The van der Waals surface area contributed by atoms with Gasteiger partial charge in [0, 0.05) is 17.7 Å².